The van der Waals surface area contributed by atoms with Crippen LogP contribution in [0.4, 0.5) is 0 Å². The van der Waals surface area contributed by atoms with Crippen molar-refractivity contribution in [3.63, 3.8) is 0 Å². The van der Waals surface area contributed by atoms with Gasteiger partial charge in [-0.15, -0.1) is 0 Å². The lowest BCUT2D eigenvalue weighted by Gasteiger charge is -2.28. The summed E-state index contributed by atoms with van der Waals surface area (Å²) < 4.78 is 22.9. The van der Waals surface area contributed by atoms with Gasteiger partial charge in [0.05, 0.1) is 5.75 Å². The summed E-state index contributed by atoms with van der Waals surface area (Å²) in [6.07, 6.45) is 4.07. The van der Waals surface area contributed by atoms with E-state index in [1.54, 1.807) is 6.92 Å². The van der Waals surface area contributed by atoms with E-state index in [1.807, 2.05) is 0 Å². The Morgan fingerprint density at radius 3 is 2.40 bits per heavy atom. The van der Waals surface area contributed by atoms with Crippen LogP contribution in [0.25, 0.3) is 0 Å². The highest BCUT2D eigenvalue weighted by Gasteiger charge is 2.53. The van der Waals surface area contributed by atoms with Crippen LogP contribution in [0.5, 0.6) is 0 Å². The van der Waals surface area contributed by atoms with Crippen molar-refractivity contribution in [1.82, 2.24) is 0 Å². The van der Waals surface area contributed by atoms with Gasteiger partial charge in [0.1, 0.15) is 9.84 Å². The maximum absolute atomic E-state index is 11.4. The summed E-state index contributed by atoms with van der Waals surface area (Å²) in [7, 11) is -2.87. The van der Waals surface area contributed by atoms with Gasteiger partial charge in [-0.25, -0.2) is 8.42 Å². The number of sulfone groups is 1. The second-order valence-corrected chi connectivity index (χ2v) is 7.78. The van der Waals surface area contributed by atoms with Crippen LogP contribution < -0.4 is 0 Å². The molecule has 2 fully saturated rings. The minimum atomic E-state index is -2.87. The molecule has 0 amide bonds. The molecule has 0 aromatic heterocycles. The van der Waals surface area contributed by atoms with E-state index in [4.69, 9.17) is 0 Å². The van der Waals surface area contributed by atoms with Gasteiger partial charge in [-0.05, 0) is 42.9 Å². The molecule has 2 aliphatic carbocycles. The van der Waals surface area contributed by atoms with Crippen molar-refractivity contribution in [1.29, 1.82) is 0 Å². The number of hydrogen-bond acceptors (Lipinski definition) is 3. The first-order valence-corrected chi connectivity index (χ1v) is 7.64. The average Bonchev–Trinajstić information content (AvgIpc) is 2.84. The van der Waals surface area contributed by atoms with Gasteiger partial charge in [-0.1, -0.05) is 6.92 Å². The van der Waals surface area contributed by atoms with E-state index >= 15 is 0 Å². The molecule has 2 atom stereocenters. The Labute approximate surface area is 91.8 Å². The highest BCUT2D eigenvalue weighted by molar-refractivity contribution is 7.91. The Balaban J connectivity index is 1.92. The van der Waals surface area contributed by atoms with Crippen molar-refractivity contribution >= 4 is 9.84 Å². The Morgan fingerprint density at radius 2 is 1.93 bits per heavy atom. The lowest BCUT2D eigenvalue weighted by Crippen LogP contribution is -2.27. The van der Waals surface area contributed by atoms with Crippen molar-refractivity contribution in [2.45, 2.75) is 32.6 Å². The molecule has 88 valence electrons. The van der Waals surface area contributed by atoms with E-state index in [0.29, 0.717) is 6.42 Å². The van der Waals surface area contributed by atoms with Crippen molar-refractivity contribution in [2.75, 3.05) is 18.1 Å². The number of hydrogen-bond donors (Lipinski definition) is 1. The molecular weight excluding hydrogens is 212 g/mol. The molecular formula is C11H20O3S. The van der Waals surface area contributed by atoms with E-state index in [9.17, 15) is 13.5 Å². The number of aliphatic hydroxyl groups excluding tert-OH is 1. The molecule has 3 nitrogen and oxygen atoms in total. The molecule has 4 heteroatoms. The fraction of sp³-hybridized carbons (Fsp3) is 1.00. The normalized spacial score (nSPS) is 39.1. The van der Waals surface area contributed by atoms with E-state index in [-0.39, 0.29) is 23.5 Å². The van der Waals surface area contributed by atoms with Crippen LogP contribution in [0.3, 0.4) is 0 Å². The van der Waals surface area contributed by atoms with Crippen LogP contribution in [0.1, 0.15) is 32.6 Å². The van der Waals surface area contributed by atoms with Gasteiger partial charge in [-0.2, -0.15) is 0 Å². The van der Waals surface area contributed by atoms with Crippen LogP contribution in [-0.4, -0.2) is 31.6 Å². The summed E-state index contributed by atoms with van der Waals surface area (Å²) in [6.45, 7) is 1.85. The number of aliphatic hydroxyl groups is 1. The van der Waals surface area contributed by atoms with Crippen LogP contribution in [0.15, 0.2) is 0 Å². The molecule has 2 saturated carbocycles. The molecule has 0 heterocycles. The standard InChI is InChI=1S/C11H20O3S/c1-2-15(13,14)4-3-11(8-12)6-9-5-10(9)7-11/h9-10,12H,2-8H2,1H3. The van der Waals surface area contributed by atoms with Gasteiger partial charge in [0.15, 0.2) is 0 Å². The molecule has 0 saturated heterocycles. The van der Waals surface area contributed by atoms with Crippen LogP contribution in [0, 0.1) is 17.3 Å². The third-order valence-electron chi connectivity index (χ3n) is 4.18. The first-order valence-electron chi connectivity index (χ1n) is 5.81. The molecule has 2 unspecified atom stereocenters. The third kappa shape index (κ3) is 2.36. The molecule has 1 N–H and O–H groups in total. The summed E-state index contributed by atoms with van der Waals surface area (Å²) in [5.74, 6) is 2.06. The number of rotatable bonds is 5. The molecule has 0 aromatic carbocycles. The van der Waals surface area contributed by atoms with E-state index in [2.05, 4.69) is 0 Å². The zero-order valence-electron chi connectivity index (χ0n) is 9.28. The topological polar surface area (TPSA) is 54.4 Å². The number of fused-ring (bicyclic) bond motifs is 1. The van der Waals surface area contributed by atoms with Gasteiger partial charge in [-0.3, -0.25) is 0 Å². The van der Waals surface area contributed by atoms with Gasteiger partial charge < -0.3 is 5.11 Å². The first kappa shape index (κ1) is 11.4. The van der Waals surface area contributed by atoms with Crippen molar-refractivity contribution < 1.29 is 13.5 Å². The molecule has 0 radical (unpaired) electrons. The molecule has 0 aliphatic heterocycles. The van der Waals surface area contributed by atoms with E-state index < -0.39 is 9.84 Å². The highest BCUT2D eigenvalue weighted by atomic mass is 32.2. The summed E-state index contributed by atoms with van der Waals surface area (Å²) in [5.41, 5.74) is -0.0597. The van der Waals surface area contributed by atoms with Crippen molar-refractivity contribution in [3.05, 3.63) is 0 Å². The zero-order chi connectivity index (χ0) is 11.1. The van der Waals surface area contributed by atoms with Crippen LogP contribution >= 0.6 is 0 Å². The van der Waals surface area contributed by atoms with Crippen molar-refractivity contribution in [3.8, 4) is 0 Å². The first-order chi connectivity index (χ1) is 7.00. The predicted molar refractivity (Wildman–Crippen MR) is 59.3 cm³/mol. The summed E-state index contributed by atoms with van der Waals surface area (Å²) in [4.78, 5) is 0. The van der Waals surface area contributed by atoms with Crippen LogP contribution in [-0.2, 0) is 9.84 Å². The Hall–Kier alpha value is -0.0900. The fourth-order valence-electron chi connectivity index (χ4n) is 2.93. The maximum Gasteiger partial charge on any atom is 0.150 e. The SMILES string of the molecule is CCS(=O)(=O)CCC1(CO)CC2CC2C1. The van der Waals surface area contributed by atoms with Crippen LogP contribution in [0.2, 0.25) is 0 Å². The van der Waals surface area contributed by atoms with Gasteiger partial charge >= 0.3 is 0 Å². The van der Waals surface area contributed by atoms with Gasteiger partial charge in [0.25, 0.3) is 0 Å². The lowest BCUT2D eigenvalue weighted by atomic mass is 9.81. The highest BCUT2D eigenvalue weighted by Crippen LogP contribution is 2.60. The quantitative estimate of drug-likeness (QED) is 0.775. The molecule has 2 aliphatic rings. The lowest BCUT2D eigenvalue weighted by molar-refractivity contribution is 0.113. The van der Waals surface area contributed by atoms with E-state index in [1.165, 1.54) is 6.42 Å². The largest absolute Gasteiger partial charge is 0.396 e. The maximum atomic E-state index is 11.4. The second kappa shape index (κ2) is 3.74. The second-order valence-electron chi connectivity index (χ2n) is 5.31. The minimum Gasteiger partial charge on any atom is -0.396 e. The summed E-state index contributed by atoms with van der Waals surface area (Å²) >= 11 is 0. The monoisotopic (exact) mass is 232 g/mol. The Bertz CT molecular complexity index is 324. The van der Waals surface area contributed by atoms with Gasteiger partial charge in [0.2, 0.25) is 0 Å². The molecule has 0 spiro atoms. The predicted octanol–water partition coefficient (Wildman–Crippen LogP) is 1.22. The molecule has 0 bridgehead atoms. The Morgan fingerprint density at radius 1 is 1.33 bits per heavy atom. The average molecular weight is 232 g/mol. The smallest absolute Gasteiger partial charge is 0.150 e. The fourth-order valence-corrected chi connectivity index (χ4v) is 3.97. The zero-order valence-corrected chi connectivity index (χ0v) is 10.1. The van der Waals surface area contributed by atoms with E-state index in [0.717, 1.165) is 24.7 Å². The van der Waals surface area contributed by atoms with Gasteiger partial charge in [0, 0.05) is 12.4 Å². The summed E-state index contributed by atoms with van der Waals surface area (Å²) in [6, 6.07) is 0. The minimum absolute atomic E-state index is 0.0597. The molecule has 0 aromatic rings. The van der Waals surface area contributed by atoms with Crippen molar-refractivity contribution in [2.24, 2.45) is 17.3 Å². The molecule has 2 rings (SSSR count). The molecule has 15 heavy (non-hydrogen) atoms. The third-order valence-corrected chi connectivity index (χ3v) is 5.88. The summed E-state index contributed by atoms with van der Waals surface area (Å²) in [5, 5.41) is 9.43. The Kier molecular flexibility index (Phi) is 2.84.